The molecular formula is C8H8F2N2O2. The number of carbonyl (C=O) groups is 1. The fourth-order valence-electron chi connectivity index (χ4n) is 1.51. The second-order valence-electron chi connectivity index (χ2n) is 3.29. The van der Waals surface area contributed by atoms with E-state index in [-0.39, 0.29) is 0 Å². The summed E-state index contributed by atoms with van der Waals surface area (Å²) in [4.78, 5) is 14.3. The van der Waals surface area contributed by atoms with Gasteiger partial charge in [0.25, 0.3) is 6.43 Å². The van der Waals surface area contributed by atoms with Gasteiger partial charge in [0.05, 0.1) is 0 Å². The molecule has 6 heteroatoms. The van der Waals surface area contributed by atoms with Crippen molar-refractivity contribution in [2.24, 2.45) is 0 Å². The molecule has 1 fully saturated rings. The minimum absolute atomic E-state index is 0.387. The van der Waals surface area contributed by atoms with Crippen molar-refractivity contribution >= 4 is 5.97 Å². The van der Waals surface area contributed by atoms with Crippen LogP contribution in [0.5, 0.6) is 0 Å². The Kier molecular flexibility index (Phi) is 1.80. The van der Waals surface area contributed by atoms with E-state index in [2.05, 4.69) is 4.98 Å². The fourth-order valence-corrected chi connectivity index (χ4v) is 1.51. The zero-order valence-electron chi connectivity index (χ0n) is 7.15. The Morgan fingerprint density at radius 3 is 2.71 bits per heavy atom. The second kappa shape index (κ2) is 2.76. The predicted molar refractivity (Wildman–Crippen MR) is 42.0 cm³/mol. The first-order valence-corrected chi connectivity index (χ1v) is 4.13. The number of aliphatic carboxylic acids is 1. The first-order chi connectivity index (χ1) is 6.58. The minimum atomic E-state index is -2.73. The van der Waals surface area contributed by atoms with Gasteiger partial charge in [0, 0.05) is 12.4 Å². The number of carboxylic acids is 1. The summed E-state index contributed by atoms with van der Waals surface area (Å²) in [5, 5.41) is 8.89. The van der Waals surface area contributed by atoms with Gasteiger partial charge in [-0.25, -0.2) is 18.6 Å². The molecule has 0 saturated heterocycles. The number of rotatable bonds is 3. The monoisotopic (exact) mass is 202 g/mol. The molecule has 1 heterocycles. The van der Waals surface area contributed by atoms with Gasteiger partial charge in [-0.2, -0.15) is 0 Å². The largest absolute Gasteiger partial charge is 0.479 e. The Labute approximate surface area is 78.2 Å². The molecule has 2 rings (SSSR count). The summed E-state index contributed by atoms with van der Waals surface area (Å²) in [6.07, 6.45) is 0.533. The van der Waals surface area contributed by atoms with Crippen molar-refractivity contribution in [1.29, 1.82) is 0 Å². The van der Waals surface area contributed by atoms with E-state index in [1.807, 2.05) is 0 Å². The first-order valence-electron chi connectivity index (χ1n) is 4.13. The number of carboxylic acid groups (broad SMARTS) is 1. The van der Waals surface area contributed by atoms with E-state index in [0.717, 1.165) is 4.57 Å². The van der Waals surface area contributed by atoms with E-state index < -0.39 is 23.8 Å². The molecule has 0 spiro atoms. The zero-order chi connectivity index (χ0) is 10.3. The zero-order valence-corrected chi connectivity index (χ0v) is 7.15. The van der Waals surface area contributed by atoms with E-state index in [9.17, 15) is 13.6 Å². The number of alkyl halides is 2. The maximum atomic E-state index is 12.4. The van der Waals surface area contributed by atoms with Gasteiger partial charge in [-0.1, -0.05) is 0 Å². The quantitative estimate of drug-likeness (QED) is 0.805. The van der Waals surface area contributed by atoms with Gasteiger partial charge < -0.3 is 9.67 Å². The third-order valence-electron chi connectivity index (χ3n) is 2.45. The summed E-state index contributed by atoms with van der Waals surface area (Å²) in [5.74, 6) is -1.54. The molecular weight excluding hydrogens is 194 g/mol. The third-order valence-corrected chi connectivity index (χ3v) is 2.45. The molecule has 1 N–H and O–H groups in total. The summed E-state index contributed by atoms with van der Waals surface area (Å²) in [6.45, 7) is 0. The van der Waals surface area contributed by atoms with E-state index in [4.69, 9.17) is 5.11 Å². The lowest BCUT2D eigenvalue weighted by Crippen LogP contribution is -2.28. The van der Waals surface area contributed by atoms with Crippen LogP contribution in [-0.4, -0.2) is 20.6 Å². The average Bonchev–Trinajstić information content (AvgIpc) is 2.77. The molecule has 1 aliphatic rings. The highest BCUT2D eigenvalue weighted by molar-refractivity contribution is 5.80. The number of hydrogen-bond acceptors (Lipinski definition) is 2. The van der Waals surface area contributed by atoms with E-state index in [1.165, 1.54) is 12.4 Å². The highest BCUT2D eigenvalue weighted by atomic mass is 19.3. The lowest BCUT2D eigenvalue weighted by atomic mass is 10.2. The lowest BCUT2D eigenvalue weighted by Gasteiger charge is -2.14. The maximum Gasteiger partial charge on any atom is 0.329 e. The number of aromatic nitrogens is 2. The van der Waals surface area contributed by atoms with Crippen molar-refractivity contribution in [3.63, 3.8) is 0 Å². The number of halogens is 2. The molecule has 4 nitrogen and oxygen atoms in total. The van der Waals surface area contributed by atoms with Gasteiger partial charge in [-0.3, -0.25) is 0 Å². The number of hydrogen-bond donors (Lipinski definition) is 1. The Balaban J connectivity index is 2.42. The average molecular weight is 202 g/mol. The lowest BCUT2D eigenvalue weighted by molar-refractivity contribution is -0.142. The van der Waals surface area contributed by atoms with Gasteiger partial charge in [0.15, 0.2) is 5.82 Å². The van der Waals surface area contributed by atoms with Crippen LogP contribution in [0.1, 0.15) is 25.1 Å². The molecule has 0 bridgehead atoms. The Morgan fingerprint density at radius 2 is 2.29 bits per heavy atom. The topological polar surface area (TPSA) is 55.1 Å². The summed E-state index contributed by atoms with van der Waals surface area (Å²) in [6, 6.07) is 0. The van der Waals surface area contributed by atoms with Crippen LogP contribution in [0.3, 0.4) is 0 Å². The Hall–Kier alpha value is -1.46. The molecule has 0 aromatic carbocycles. The highest BCUT2D eigenvalue weighted by Crippen LogP contribution is 2.45. The fraction of sp³-hybridized carbons (Fsp3) is 0.500. The Bertz CT molecular complexity index is 371. The highest BCUT2D eigenvalue weighted by Gasteiger charge is 2.53. The smallest absolute Gasteiger partial charge is 0.329 e. The standard InChI is InChI=1S/C8H8F2N2O2/c9-5(10)6-11-3-4-12(6)8(1-2-8)7(13)14/h3-5H,1-2H2,(H,13,14). The van der Waals surface area contributed by atoms with E-state index in [0.29, 0.717) is 12.8 Å². The molecule has 0 radical (unpaired) electrons. The second-order valence-corrected chi connectivity index (χ2v) is 3.29. The molecule has 1 saturated carbocycles. The number of imidazole rings is 1. The van der Waals surface area contributed by atoms with Crippen LogP contribution in [-0.2, 0) is 10.3 Å². The van der Waals surface area contributed by atoms with Crippen molar-refractivity contribution < 1.29 is 18.7 Å². The predicted octanol–water partition coefficient (Wildman–Crippen LogP) is 1.39. The first kappa shape index (κ1) is 9.11. The van der Waals surface area contributed by atoms with Crippen molar-refractivity contribution in [3.8, 4) is 0 Å². The van der Waals surface area contributed by atoms with Crippen molar-refractivity contribution in [2.75, 3.05) is 0 Å². The van der Waals surface area contributed by atoms with Crippen molar-refractivity contribution in [1.82, 2.24) is 9.55 Å². The molecule has 76 valence electrons. The molecule has 0 atom stereocenters. The summed E-state index contributed by atoms with van der Waals surface area (Å²) in [7, 11) is 0. The van der Waals surface area contributed by atoms with E-state index >= 15 is 0 Å². The van der Waals surface area contributed by atoms with Crippen LogP contribution < -0.4 is 0 Å². The van der Waals surface area contributed by atoms with Crippen LogP contribution in [0, 0.1) is 0 Å². The number of nitrogens with zero attached hydrogens (tertiary/aromatic N) is 2. The summed E-state index contributed by atoms with van der Waals surface area (Å²) in [5.41, 5.74) is -1.16. The summed E-state index contributed by atoms with van der Waals surface area (Å²) < 4.78 is 25.9. The van der Waals surface area contributed by atoms with Crippen LogP contribution in [0.25, 0.3) is 0 Å². The summed E-state index contributed by atoms with van der Waals surface area (Å²) >= 11 is 0. The van der Waals surface area contributed by atoms with Crippen LogP contribution >= 0.6 is 0 Å². The van der Waals surface area contributed by atoms with Crippen molar-refractivity contribution in [2.45, 2.75) is 24.8 Å². The molecule has 0 amide bonds. The van der Waals surface area contributed by atoms with E-state index in [1.54, 1.807) is 0 Å². The van der Waals surface area contributed by atoms with Crippen LogP contribution in [0.2, 0.25) is 0 Å². The van der Waals surface area contributed by atoms with Crippen molar-refractivity contribution in [3.05, 3.63) is 18.2 Å². The van der Waals surface area contributed by atoms with Gasteiger partial charge in [0.2, 0.25) is 0 Å². The normalized spacial score (nSPS) is 18.5. The van der Waals surface area contributed by atoms with Gasteiger partial charge in [-0.15, -0.1) is 0 Å². The molecule has 0 aliphatic heterocycles. The van der Waals surface area contributed by atoms with Gasteiger partial charge >= 0.3 is 5.97 Å². The maximum absolute atomic E-state index is 12.4. The van der Waals surface area contributed by atoms with Crippen LogP contribution in [0.15, 0.2) is 12.4 Å². The van der Waals surface area contributed by atoms with Crippen LogP contribution in [0.4, 0.5) is 8.78 Å². The molecule has 1 aromatic rings. The molecule has 14 heavy (non-hydrogen) atoms. The Morgan fingerprint density at radius 1 is 1.64 bits per heavy atom. The van der Waals surface area contributed by atoms with Gasteiger partial charge in [0.1, 0.15) is 5.54 Å². The third kappa shape index (κ3) is 1.10. The molecule has 1 aliphatic carbocycles. The van der Waals surface area contributed by atoms with Gasteiger partial charge in [-0.05, 0) is 12.8 Å². The minimum Gasteiger partial charge on any atom is -0.479 e. The molecule has 0 unspecified atom stereocenters. The molecule has 1 aromatic heterocycles. The SMILES string of the molecule is O=C(O)C1(n2ccnc2C(F)F)CC1.